The second-order valence-electron chi connectivity index (χ2n) is 4.42. The van der Waals surface area contributed by atoms with Gasteiger partial charge in [0.1, 0.15) is 6.10 Å². The molecule has 0 aliphatic rings. The highest BCUT2D eigenvalue weighted by Crippen LogP contribution is 2.03. The number of thioether (sulfide) groups is 1. The predicted octanol–water partition coefficient (Wildman–Crippen LogP) is 0.722. The molecule has 1 rings (SSSR count). The molecule has 0 fully saturated rings. The lowest BCUT2D eigenvalue weighted by Gasteiger charge is -2.12. The number of aromatic nitrogens is 1. The van der Waals surface area contributed by atoms with Gasteiger partial charge < -0.3 is 15.4 Å². The fourth-order valence-electron chi connectivity index (χ4n) is 1.64. The quantitative estimate of drug-likeness (QED) is 0.719. The second kappa shape index (κ2) is 7.35. The van der Waals surface area contributed by atoms with E-state index in [1.54, 1.807) is 31.8 Å². The maximum atomic E-state index is 11.7. The molecule has 0 aliphatic carbocycles. The summed E-state index contributed by atoms with van der Waals surface area (Å²) in [5, 5.41) is 12.2. The Morgan fingerprint density at radius 3 is 2.84 bits per heavy atom. The minimum absolute atomic E-state index is 0.0223. The number of aliphatic hydroxyl groups is 1. The number of carbonyl (C=O) groups is 1. The second-order valence-corrected chi connectivity index (χ2v) is 5.41. The molecule has 1 amide bonds. The van der Waals surface area contributed by atoms with Crippen molar-refractivity contribution in [2.75, 3.05) is 12.0 Å². The summed E-state index contributed by atoms with van der Waals surface area (Å²) in [6.07, 6.45) is 2.98. The monoisotopic (exact) mass is 284 g/mol. The first-order chi connectivity index (χ1) is 8.97. The van der Waals surface area contributed by atoms with Crippen molar-refractivity contribution in [3.8, 4) is 0 Å². The lowest BCUT2D eigenvalue weighted by Crippen LogP contribution is -2.35. The van der Waals surface area contributed by atoms with E-state index >= 15 is 0 Å². The molecule has 0 radical (unpaired) electrons. The van der Waals surface area contributed by atoms with Crippen LogP contribution in [0.3, 0.4) is 0 Å². The van der Waals surface area contributed by atoms with Crippen LogP contribution in [0.1, 0.15) is 23.2 Å². The summed E-state index contributed by atoms with van der Waals surface area (Å²) in [4.78, 5) is 26.3. The van der Waals surface area contributed by atoms with E-state index in [1.165, 1.54) is 0 Å². The highest BCUT2D eigenvalue weighted by atomic mass is 32.2. The summed E-state index contributed by atoms with van der Waals surface area (Å²) >= 11 is 1.58. The fraction of sp³-hybridized carbons (Fsp3) is 0.538. The van der Waals surface area contributed by atoms with Gasteiger partial charge in [0.25, 0.3) is 0 Å². The molecule has 6 heteroatoms. The molecule has 106 valence electrons. The summed E-state index contributed by atoms with van der Waals surface area (Å²) < 4.78 is 0. The van der Waals surface area contributed by atoms with Crippen molar-refractivity contribution in [2.24, 2.45) is 0 Å². The molecule has 1 aromatic rings. The van der Waals surface area contributed by atoms with Crippen LogP contribution in [0.5, 0.6) is 0 Å². The molecule has 1 heterocycles. The topological polar surface area (TPSA) is 82.2 Å². The van der Waals surface area contributed by atoms with E-state index in [2.05, 4.69) is 10.3 Å². The molecule has 19 heavy (non-hydrogen) atoms. The first-order valence-corrected chi connectivity index (χ1v) is 7.49. The summed E-state index contributed by atoms with van der Waals surface area (Å²) in [5.74, 6) is 0.324. The Morgan fingerprint density at radius 2 is 2.21 bits per heavy atom. The van der Waals surface area contributed by atoms with Crippen molar-refractivity contribution in [1.29, 1.82) is 0 Å². The normalized spacial score (nSPS) is 12.2. The van der Waals surface area contributed by atoms with Crippen LogP contribution in [-0.4, -0.2) is 34.1 Å². The van der Waals surface area contributed by atoms with Gasteiger partial charge in [0.05, 0.1) is 6.54 Å². The average Bonchev–Trinajstić information content (AvgIpc) is 2.41. The van der Waals surface area contributed by atoms with E-state index in [0.29, 0.717) is 23.2 Å². The minimum Gasteiger partial charge on any atom is -0.383 e. The standard InChI is InChI=1S/C13H20N2O3S/c1-8-6-14-10(9(2)12(8)17)7-15-13(18)11(16)4-5-19-3/h6,11,16H,4-5,7H2,1-3H3,(H,14,17)(H,15,18). The van der Waals surface area contributed by atoms with Crippen molar-refractivity contribution in [3.63, 3.8) is 0 Å². The number of H-pyrrole nitrogens is 1. The van der Waals surface area contributed by atoms with Crippen LogP contribution in [0, 0.1) is 13.8 Å². The number of aryl methyl sites for hydroxylation is 1. The van der Waals surface area contributed by atoms with Gasteiger partial charge in [-0.25, -0.2) is 0 Å². The largest absolute Gasteiger partial charge is 0.383 e. The molecular weight excluding hydrogens is 264 g/mol. The van der Waals surface area contributed by atoms with Crippen molar-refractivity contribution in [3.05, 3.63) is 33.2 Å². The van der Waals surface area contributed by atoms with Crippen LogP contribution < -0.4 is 10.7 Å². The van der Waals surface area contributed by atoms with E-state index < -0.39 is 12.0 Å². The summed E-state index contributed by atoms with van der Waals surface area (Å²) in [7, 11) is 0. The predicted molar refractivity (Wildman–Crippen MR) is 77.4 cm³/mol. The van der Waals surface area contributed by atoms with Crippen LogP contribution in [-0.2, 0) is 11.3 Å². The number of hydrogen-bond acceptors (Lipinski definition) is 4. The highest BCUT2D eigenvalue weighted by Gasteiger charge is 2.14. The van der Waals surface area contributed by atoms with Gasteiger partial charge in [-0.3, -0.25) is 9.59 Å². The van der Waals surface area contributed by atoms with Crippen LogP contribution in [0.25, 0.3) is 0 Å². The average molecular weight is 284 g/mol. The van der Waals surface area contributed by atoms with Crippen LogP contribution >= 0.6 is 11.8 Å². The zero-order chi connectivity index (χ0) is 14.4. The molecule has 5 nitrogen and oxygen atoms in total. The molecule has 1 unspecified atom stereocenters. The number of nitrogens with one attached hydrogen (secondary N) is 2. The van der Waals surface area contributed by atoms with Crippen molar-refractivity contribution in [2.45, 2.75) is 32.9 Å². The fourth-order valence-corrected chi connectivity index (χ4v) is 2.10. The molecule has 0 saturated heterocycles. The maximum Gasteiger partial charge on any atom is 0.249 e. The van der Waals surface area contributed by atoms with Crippen molar-refractivity contribution < 1.29 is 9.90 Å². The molecular formula is C13H20N2O3S. The van der Waals surface area contributed by atoms with Crippen molar-refractivity contribution >= 4 is 17.7 Å². The third kappa shape index (κ3) is 4.40. The molecule has 3 N–H and O–H groups in total. The third-order valence-electron chi connectivity index (χ3n) is 2.95. The molecule has 0 aliphatic heterocycles. The van der Waals surface area contributed by atoms with Gasteiger partial charge in [-0.15, -0.1) is 0 Å². The van der Waals surface area contributed by atoms with E-state index in [-0.39, 0.29) is 12.0 Å². The number of rotatable bonds is 6. The lowest BCUT2D eigenvalue weighted by atomic mass is 10.1. The van der Waals surface area contributed by atoms with Crippen molar-refractivity contribution in [1.82, 2.24) is 10.3 Å². The van der Waals surface area contributed by atoms with E-state index in [1.807, 2.05) is 6.26 Å². The Morgan fingerprint density at radius 1 is 1.53 bits per heavy atom. The molecule has 1 atom stereocenters. The Balaban J connectivity index is 2.60. The van der Waals surface area contributed by atoms with Crippen LogP contribution in [0.2, 0.25) is 0 Å². The summed E-state index contributed by atoms with van der Waals surface area (Å²) in [6, 6.07) is 0. The minimum atomic E-state index is -0.995. The van der Waals surface area contributed by atoms with Crippen LogP contribution in [0.15, 0.2) is 11.0 Å². The van der Waals surface area contributed by atoms with E-state index in [0.717, 1.165) is 5.75 Å². The first kappa shape index (κ1) is 15.8. The number of amides is 1. The van der Waals surface area contributed by atoms with Crippen LogP contribution in [0.4, 0.5) is 0 Å². The zero-order valence-electron chi connectivity index (χ0n) is 11.4. The Kier molecular flexibility index (Phi) is 6.11. The van der Waals surface area contributed by atoms with E-state index in [4.69, 9.17) is 0 Å². The summed E-state index contributed by atoms with van der Waals surface area (Å²) in [6.45, 7) is 3.67. The van der Waals surface area contributed by atoms with Gasteiger partial charge in [0, 0.05) is 23.0 Å². The Bertz CT molecular complexity index is 499. The third-order valence-corrected chi connectivity index (χ3v) is 3.60. The van der Waals surface area contributed by atoms with Gasteiger partial charge >= 0.3 is 0 Å². The Labute approximate surface area is 116 Å². The SMILES string of the molecule is CSCCC(O)C(=O)NCc1[nH]cc(C)c(=O)c1C. The molecule has 1 aromatic heterocycles. The first-order valence-electron chi connectivity index (χ1n) is 6.09. The summed E-state index contributed by atoms with van der Waals surface area (Å²) in [5.41, 5.74) is 1.89. The molecule has 0 spiro atoms. The molecule has 0 aromatic carbocycles. The number of aromatic amines is 1. The number of pyridine rings is 1. The van der Waals surface area contributed by atoms with Gasteiger partial charge in [-0.1, -0.05) is 0 Å². The zero-order valence-corrected chi connectivity index (χ0v) is 12.3. The lowest BCUT2D eigenvalue weighted by molar-refractivity contribution is -0.129. The smallest absolute Gasteiger partial charge is 0.249 e. The van der Waals surface area contributed by atoms with E-state index in [9.17, 15) is 14.7 Å². The van der Waals surface area contributed by atoms with Gasteiger partial charge in [0.2, 0.25) is 5.91 Å². The number of hydrogen-bond donors (Lipinski definition) is 3. The van der Waals surface area contributed by atoms with Gasteiger partial charge in [0.15, 0.2) is 5.43 Å². The number of aliphatic hydroxyl groups excluding tert-OH is 1. The molecule has 0 saturated carbocycles. The molecule has 0 bridgehead atoms. The number of carbonyl (C=O) groups excluding carboxylic acids is 1. The Hall–Kier alpha value is -1.27. The maximum absolute atomic E-state index is 11.7. The highest BCUT2D eigenvalue weighted by molar-refractivity contribution is 7.98. The van der Waals surface area contributed by atoms with Gasteiger partial charge in [-0.05, 0) is 32.3 Å². The van der Waals surface area contributed by atoms with Gasteiger partial charge in [-0.2, -0.15) is 11.8 Å².